The van der Waals surface area contributed by atoms with Crippen molar-refractivity contribution >= 4 is 11.9 Å². The number of aryl methyl sites for hydroxylation is 1. The van der Waals surface area contributed by atoms with Crippen molar-refractivity contribution in [3.8, 4) is 0 Å². The fraction of sp³-hybridized carbons (Fsp3) is 0.500. The molecule has 0 fully saturated rings. The van der Waals surface area contributed by atoms with Gasteiger partial charge in [0.15, 0.2) is 0 Å². The first kappa shape index (κ1) is 12.2. The van der Waals surface area contributed by atoms with Crippen LogP contribution in [0.4, 0.5) is 0 Å². The molecule has 0 saturated heterocycles. The topological polar surface area (TPSA) is 92.4 Å². The molecule has 0 spiro atoms. The molecule has 1 rings (SSSR count). The van der Waals surface area contributed by atoms with Gasteiger partial charge in [0.1, 0.15) is 6.26 Å². The van der Waals surface area contributed by atoms with E-state index in [2.05, 4.69) is 15.0 Å². The van der Waals surface area contributed by atoms with Crippen molar-refractivity contribution in [2.75, 3.05) is 6.54 Å². The van der Waals surface area contributed by atoms with Gasteiger partial charge in [-0.05, 0) is 6.92 Å². The third-order valence-corrected chi connectivity index (χ3v) is 2.23. The molecular formula is C10H14N2O4. The second kappa shape index (κ2) is 5.29. The van der Waals surface area contributed by atoms with Gasteiger partial charge in [-0.2, -0.15) is 0 Å². The van der Waals surface area contributed by atoms with Gasteiger partial charge in [-0.3, -0.25) is 9.59 Å². The smallest absolute Gasteiger partial charge is 0.308 e. The molecule has 2 N–H and O–H groups in total. The minimum atomic E-state index is -0.929. The van der Waals surface area contributed by atoms with Crippen LogP contribution in [-0.2, 0) is 16.0 Å². The van der Waals surface area contributed by atoms with Crippen LogP contribution in [0.25, 0.3) is 0 Å². The highest BCUT2D eigenvalue weighted by atomic mass is 16.5. The van der Waals surface area contributed by atoms with Gasteiger partial charge in [-0.1, -0.05) is 12.1 Å². The van der Waals surface area contributed by atoms with Gasteiger partial charge >= 0.3 is 5.97 Å². The molecule has 0 aliphatic rings. The van der Waals surface area contributed by atoms with Crippen LogP contribution in [0.2, 0.25) is 0 Å². The third-order valence-electron chi connectivity index (χ3n) is 2.23. The lowest BCUT2D eigenvalue weighted by Gasteiger charge is -2.07. The number of hydrogen-bond acceptors (Lipinski definition) is 4. The zero-order valence-corrected chi connectivity index (χ0v) is 9.19. The molecule has 6 nitrogen and oxygen atoms in total. The fourth-order valence-electron chi connectivity index (χ4n) is 1.07. The first-order valence-corrected chi connectivity index (χ1v) is 4.90. The summed E-state index contributed by atoms with van der Waals surface area (Å²) in [4.78, 5) is 21.9. The Morgan fingerprint density at radius 3 is 2.81 bits per heavy atom. The van der Waals surface area contributed by atoms with Gasteiger partial charge in [0.25, 0.3) is 0 Å². The van der Waals surface area contributed by atoms with Crippen LogP contribution in [0.5, 0.6) is 0 Å². The summed E-state index contributed by atoms with van der Waals surface area (Å²) in [5.41, 5.74) is 1.38. The molecule has 0 aromatic carbocycles. The molecule has 6 heteroatoms. The molecule has 0 aliphatic carbocycles. The van der Waals surface area contributed by atoms with Crippen molar-refractivity contribution in [1.82, 2.24) is 10.5 Å². The van der Waals surface area contributed by atoms with Crippen LogP contribution in [0.1, 0.15) is 18.2 Å². The Labute approximate surface area is 92.6 Å². The second-order valence-electron chi connectivity index (χ2n) is 3.65. The Hall–Kier alpha value is -1.85. The maximum Gasteiger partial charge on any atom is 0.308 e. The average Bonchev–Trinajstić information content (AvgIpc) is 2.60. The zero-order valence-electron chi connectivity index (χ0n) is 9.19. The van der Waals surface area contributed by atoms with Crippen molar-refractivity contribution in [2.45, 2.75) is 20.3 Å². The molecule has 1 atom stereocenters. The Bertz CT molecular complexity index is 386. The van der Waals surface area contributed by atoms with Crippen molar-refractivity contribution < 1.29 is 19.2 Å². The normalized spacial score (nSPS) is 12.1. The Kier molecular flexibility index (Phi) is 4.04. The number of carboxylic acid groups (broad SMARTS) is 1. The van der Waals surface area contributed by atoms with E-state index in [4.69, 9.17) is 5.11 Å². The molecule has 1 unspecified atom stereocenters. The summed E-state index contributed by atoms with van der Waals surface area (Å²) in [6, 6.07) is 0. The molecule has 1 aromatic rings. The average molecular weight is 226 g/mol. The monoisotopic (exact) mass is 226 g/mol. The summed E-state index contributed by atoms with van der Waals surface area (Å²) in [6.45, 7) is 3.40. The van der Waals surface area contributed by atoms with E-state index in [9.17, 15) is 9.59 Å². The van der Waals surface area contributed by atoms with Crippen LogP contribution >= 0.6 is 0 Å². The number of rotatable bonds is 5. The number of nitrogens with zero attached hydrogens (tertiary/aromatic N) is 1. The van der Waals surface area contributed by atoms with Crippen LogP contribution in [0.3, 0.4) is 0 Å². The fourth-order valence-corrected chi connectivity index (χ4v) is 1.07. The number of carbonyl (C=O) groups excluding carboxylic acids is 1. The SMILES string of the molecule is Cc1nocc1CC(=O)NCC(C)C(=O)O. The Morgan fingerprint density at radius 1 is 1.62 bits per heavy atom. The third kappa shape index (κ3) is 3.38. The lowest BCUT2D eigenvalue weighted by Crippen LogP contribution is -2.32. The van der Waals surface area contributed by atoms with Gasteiger partial charge in [-0.15, -0.1) is 0 Å². The predicted octanol–water partition coefficient (Wildman–Crippen LogP) is 0.362. The summed E-state index contributed by atoms with van der Waals surface area (Å²) in [5.74, 6) is -1.76. The van der Waals surface area contributed by atoms with Crippen molar-refractivity contribution in [3.63, 3.8) is 0 Å². The number of hydrogen-bond donors (Lipinski definition) is 2. The molecular weight excluding hydrogens is 212 g/mol. The molecule has 0 bridgehead atoms. The van der Waals surface area contributed by atoms with E-state index in [1.54, 1.807) is 6.92 Å². The maximum atomic E-state index is 11.4. The van der Waals surface area contributed by atoms with E-state index < -0.39 is 11.9 Å². The molecule has 1 aromatic heterocycles. The summed E-state index contributed by atoms with van der Waals surface area (Å²) in [5, 5.41) is 14.8. The molecule has 1 amide bonds. The van der Waals surface area contributed by atoms with E-state index in [-0.39, 0.29) is 18.9 Å². The predicted molar refractivity (Wildman–Crippen MR) is 54.8 cm³/mol. The van der Waals surface area contributed by atoms with Crippen LogP contribution < -0.4 is 5.32 Å². The summed E-state index contributed by atoms with van der Waals surface area (Å²) in [7, 11) is 0. The minimum Gasteiger partial charge on any atom is -0.481 e. The number of carboxylic acids is 1. The molecule has 0 radical (unpaired) electrons. The number of aromatic nitrogens is 1. The van der Waals surface area contributed by atoms with Gasteiger partial charge in [-0.25, -0.2) is 0 Å². The first-order chi connectivity index (χ1) is 7.50. The van der Waals surface area contributed by atoms with Crippen LogP contribution in [0, 0.1) is 12.8 Å². The lowest BCUT2D eigenvalue weighted by atomic mass is 10.1. The molecule has 16 heavy (non-hydrogen) atoms. The maximum absolute atomic E-state index is 11.4. The van der Waals surface area contributed by atoms with E-state index in [1.807, 2.05) is 0 Å². The van der Waals surface area contributed by atoms with Crippen LogP contribution in [-0.4, -0.2) is 28.7 Å². The minimum absolute atomic E-state index is 0.124. The van der Waals surface area contributed by atoms with Gasteiger partial charge in [0, 0.05) is 12.1 Å². The standard InChI is InChI=1S/C10H14N2O4/c1-6(10(14)15)4-11-9(13)3-8-5-16-12-7(8)2/h5-6H,3-4H2,1-2H3,(H,11,13)(H,14,15). The lowest BCUT2D eigenvalue weighted by molar-refractivity contribution is -0.141. The molecule has 0 aliphatic heterocycles. The van der Waals surface area contributed by atoms with Gasteiger partial charge < -0.3 is 14.9 Å². The molecule has 0 saturated carbocycles. The number of aliphatic carboxylic acids is 1. The number of carbonyl (C=O) groups is 2. The van der Waals surface area contributed by atoms with E-state index in [0.29, 0.717) is 11.3 Å². The summed E-state index contributed by atoms with van der Waals surface area (Å²) < 4.78 is 4.69. The Balaban J connectivity index is 2.37. The molecule has 1 heterocycles. The largest absolute Gasteiger partial charge is 0.481 e. The number of nitrogens with one attached hydrogen (secondary N) is 1. The van der Waals surface area contributed by atoms with E-state index in [1.165, 1.54) is 13.2 Å². The van der Waals surface area contributed by atoms with Gasteiger partial charge in [0.05, 0.1) is 18.0 Å². The highest BCUT2D eigenvalue weighted by Crippen LogP contribution is 2.05. The Morgan fingerprint density at radius 2 is 2.31 bits per heavy atom. The summed E-state index contributed by atoms with van der Waals surface area (Å²) in [6.07, 6.45) is 1.57. The highest BCUT2D eigenvalue weighted by Gasteiger charge is 2.13. The van der Waals surface area contributed by atoms with Crippen molar-refractivity contribution in [2.24, 2.45) is 5.92 Å². The summed E-state index contributed by atoms with van der Waals surface area (Å²) >= 11 is 0. The quantitative estimate of drug-likeness (QED) is 0.756. The second-order valence-corrected chi connectivity index (χ2v) is 3.65. The van der Waals surface area contributed by atoms with Crippen molar-refractivity contribution in [3.05, 3.63) is 17.5 Å². The van der Waals surface area contributed by atoms with Crippen molar-refractivity contribution in [1.29, 1.82) is 0 Å². The van der Waals surface area contributed by atoms with Crippen LogP contribution in [0.15, 0.2) is 10.8 Å². The molecule has 88 valence electrons. The first-order valence-electron chi connectivity index (χ1n) is 4.90. The van der Waals surface area contributed by atoms with E-state index in [0.717, 1.165) is 0 Å². The highest BCUT2D eigenvalue weighted by molar-refractivity contribution is 5.79. The zero-order chi connectivity index (χ0) is 12.1. The number of amides is 1. The van der Waals surface area contributed by atoms with Gasteiger partial charge in [0.2, 0.25) is 5.91 Å². The van der Waals surface area contributed by atoms with E-state index >= 15 is 0 Å².